The van der Waals surface area contributed by atoms with Crippen LogP contribution in [0.2, 0.25) is 0 Å². The molecule has 0 aliphatic carbocycles. The molecule has 0 aliphatic rings. The molecule has 7 heteroatoms. The second kappa shape index (κ2) is 5.97. The van der Waals surface area contributed by atoms with Gasteiger partial charge >= 0.3 is 0 Å². The molecule has 0 saturated carbocycles. The molecule has 0 atom stereocenters. The van der Waals surface area contributed by atoms with E-state index in [1.807, 2.05) is 43.0 Å². The summed E-state index contributed by atoms with van der Waals surface area (Å²) in [5.74, 6) is 0.00205. The Hall–Kier alpha value is -2.70. The van der Waals surface area contributed by atoms with E-state index in [1.165, 1.54) is 0 Å². The van der Waals surface area contributed by atoms with Gasteiger partial charge in [0, 0.05) is 38.1 Å². The Kier molecular flexibility index (Phi) is 3.86. The van der Waals surface area contributed by atoms with Crippen molar-refractivity contribution in [1.29, 1.82) is 0 Å². The predicted molar refractivity (Wildman–Crippen MR) is 82.3 cm³/mol. The highest BCUT2D eigenvalue weighted by molar-refractivity contribution is 5.97. The van der Waals surface area contributed by atoms with Crippen molar-refractivity contribution in [1.82, 2.24) is 29.7 Å². The number of likely N-dealkylation sites (N-methyl/N-ethyl adjacent to an activating group) is 1. The van der Waals surface area contributed by atoms with E-state index in [0.717, 1.165) is 11.0 Å². The van der Waals surface area contributed by atoms with E-state index in [1.54, 1.807) is 21.8 Å². The van der Waals surface area contributed by atoms with Crippen molar-refractivity contribution >= 4 is 16.9 Å². The van der Waals surface area contributed by atoms with Crippen LogP contribution in [0.15, 0.2) is 36.7 Å². The Morgan fingerprint density at radius 2 is 2.23 bits per heavy atom. The molecule has 114 valence electrons. The maximum absolute atomic E-state index is 12.6. The molecule has 0 aliphatic heterocycles. The van der Waals surface area contributed by atoms with E-state index in [0.29, 0.717) is 25.2 Å². The number of fused-ring (bicyclic) bond motifs is 1. The van der Waals surface area contributed by atoms with Crippen molar-refractivity contribution < 1.29 is 4.79 Å². The smallest absolute Gasteiger partial charge is 0.253 e. The molecule has 2 heterocycles. The average molecular weight is 298 g/mol. The lowest BCUT2D eigenvalue weighted by atomic mass is 10.1. The summed E-state index contributed by atoms with van der Waals surface area (Å²) in [7, 11) is 1.83. The summed E-state index contributed by atoms with van der Waals surface area (Å²) in [6.45, 7) is 3.93. The second-order valence-corrected chi connectivity index (χ2v) is 5.07. The van der Waals surface area contributed by atoms with Crippen LogP contribution in [0.3, 0.4) is 0 Å². The summed E-state index contributed by atoms with van der Waals surface area (Å²) in [6.07, 6.45) is 3.63. The molecule has 0 bridgehead atoms. The molecule has 0 radical (unpaired) electrons. The third kappa shape index (κ3) is 2.69. The maximum atomic E-state index is 12.6. The molecule has 1 amide bonds. The third-order valence-corrected chi connectivity index (χ3v) is 3.68. The number of hydrogen-bond donors (Lipinski definition) is 0. The molecule has 0 saturated heterocycles. The Morgan fingerprint density at radius 1 is 1.36 bits per heavy atom. The molecule has 7 nitrogen and oxygen atoms in total. The largest absolute Gasteiger partial charge is 0.337 e. The van der Waals surface area contributed by atoms with E-state index in [2.05, 4.69) is 15.4 Å². The van der Waals surface area contributed by atoms with Crippen molar-refractivity contribution in [2.24, 2.45) is 7.05 Å². The Bertz CT molecular complexity index is 777. The fraction of sp³-hybridized carbons (Fsp3) is 0.333. The van der Waals surface area contributed by atoms with Crippen LogP contribution in [0.1, 0.15) is 17.3 Å². The van der Waals surface area contributed by atoms with E-state index < -0.39 is 0 Å². The Morgan fingerprint density at radius 3 is 2.95 bits per heavy atom. The predicted octanol–water partition coefficient (Wildman–Crippen LogP) is 1.33. The van der Waals surface area contributed by atoms with Gasteiger partial charge in [-0.15, -0.1) is 5.10 Å². The van der Waals surface area contributed by atoms with Gasteiger partial charge in [-0.1, -0.05) is 5.21 Å². The van der Waals surface area contributed by atoms with Crippen LogP contribution in [0, 0.1) is 0 Å². The maximum Gasteiger partial charge on any atom is 0.253 e. The molecule has 0 spiro atoms. The van der Waals surface area contributed by atoms with Crippen molar-refractivity contribution in [2.75, 3.05) is 13.1 Å². The number of aromatic nitrogens is 5. The van der Waals surface area contributed by atoms with Gasteiger partial charge in [-0.25, -0.2) is 4.68 Å². The van der Waals surface area contributed by atoms with Gasteiger partial charge in [0.05, 0.1) is 12.1 Å². The van der Waals surface area contributed by atoms with Crippen LogP contribution in [-0.2, 0) is 13.6 Å². The van der Waals surface area contributed by atoms with Gasteiger partial charge < -0.3 is 4.90 Å². The van der Waals surface area contributed by atoms with Gasteiger partial charge in [0.25, 0.3) is 5.91 Å². The van der Waals surface area contributed by atoms with Crippen LogP contribution in [0.5, 0.6) is 0 Å². The van der Waals surface area contributed by atoms with Crippen LogP contribution in [-0.4, -0.2) is 48.7 Å². The van der Waals surface area contributed by atoms with Gasteiger partial charge in [0.1, 0.15) is 5.52 Å². The zero-order valence-electron chi connectivity index (χ0n) is 12.7. The minimum atomic E-state index is 0.00205. The van der Waals surface area contributed by atoms with Crippen molar-refractivity contribution in [3.63, 3.8) is 0 Å². The van der Waals surface area contributed by atoms with E-state index >= 15 is 0 Å². The van der Waals surface area contributed by atoms with Gasteiger partial charge in [-0.05, 0) is 31.2 Å². The zero-order valence-corrected chi connectivity index (χ0v) is 12.7. The Balaban J connectivity index is 1.76. The minimum absolute atomic E-state index is 0.00205. The number of rotatable bonds is 5. The normalized spacial score (nSPS) is 11.0. The van der Waals surface area contributed by atoms with E-state index in [-0.39, 0.29) is 5.91 Å². The zero-order chi connectivity index (χ0) is 15.5. The topological polar surface area (TPSA) is 68.8 Å². The number of benzene rings is 1. The lowest BCUT2D eigenvalue weighted by molar-refractivity contribution is 0.0757. The average Bonchev–Trinajstić information content (AvgIpc) is 3.17. The van der Waals surface area contributed by atoms with E-state index in [4.69, 9.17) is 0 Å². The van der Waals surface area contributed by atoms with Gasteiger partial charge in [0.2, 0.25) is 0 Å². The summed E-state index contributed by atoms with van der Waals surface area (Å²) in [6, 6.07) is 7.37. The van der Waals surface area contributed by atoms with Crippen molar-refractivity contribution in [2.45, 2.75) is 13.5 Å². The van der Waals surface area contributed by atoms with Crippen LogP contribution >= 0.6 is 0 Å². The third-order valence-electron chi connectivity index (χ3n) is 3.68. The standard InChI is InChI=1S/C15H18N6O/c1-3-20(9-10-21-8-4-7-16-21)15(22)12-5-6-14-13(11-12)17-18-19(14)2/h4-8,11H,3,9-10H2,1-2H3. The van der Waals surface area contributed by atoms with Gasteiger partial charge in [-0.2, -0.15) is 5.10 Å². The first-order valence-corrected chi connectivity index (χ1v) is 7.25. The number of amides is 1. The highest BCUT2D eigenvalue weighted by Crippen LogP contribution is 2.14. The number of nitrogens with zero attached hydrogens (tertiary/aromatic N) is 6. The number of hydrogen-bond acceptors (Lipinski definition) is 4. The summed E-state index contributed by atoms with van der Waals surface area (Å²) in [4.78, 5) is 14.4. The second-order valence-electron chi connectivity index (χ2n) is 5.07. The molecule has 0 fully saturated rings. The van der Waals surface area contributed by atoms with Crippen LogP contribution in [0.4, 0.5) is 0 Å². The molecular weight excluding hydrogens is 280 g/mol. The number of carbonyl (C=O) groups is 1. The fourth-order valence-corrected chi connectivity index (χ4v) is 2.42. The molecule has 3 aromatic rings. The number of aryl methyl sites for hydroxylation is 1. The lowest BCUT2D eigenvalue weighted by Gasteiger charge is -2.21. The molecular formula is C15H18N6O. The molecule has 3 rings (SSSR count). The quantitative estimate of drug-likeness (QED) is 0.712. The first kappa shape index (κ1) is 14.2. The summed E-state index contributed by atoms with van der Waals surface area (Å²) < 4.78 is 3.51. The first-order valence-electron chi connectivity index (χ1n) is 7.25. The monoisotopic (exact) mass is 298 g/mol. The van der Waals surface area contributed by atoms with Crippen LogP contribution < -0.4 is 0 Å². The fourth-order valence-electron chi connectivity index (χ4n) is 2.42. The van der Waals surface area contributed by atoms with Gasteiger partial charge in [-0.3, -0.25) is 9.48 Å². The molecule has 0 N–H and O–H groups in total. The SMILES string of the molecule is CCN(CCn1cccn1)C(=O)c1ccc2c(c1)nnn2C. The molecule has 22 heavy (non-hydrogen) atoms. The first-order chi connectivity index (χ1) is 10.7. The summed E-state index contributed by atoms with van der Waals surface area (Å²) in [5, 5.41) is 12.2. The van der Waals surface area contributed by atoms with Gasteiger partial charge in [0.15, 0.2) is 0 Å². The highest BCUT2D eigenvalue weighted by atomic mass is 16.2. The summed E-state index contributed by atoms with van der Waals surface area (Å²) in [5.41, 5.74) is 2.28. The van der Waals surface area contributed by atoms with Crippen LogP contribution in [0.25, 0.3) is 11.0 Å². The minimum Gasteiger partial charge on any atom is -0.337 e. The summed E-state index contributed by atoms with van der Waals surface area (Å²) >= 11 is 0. The van der Waals surface area contributed by atoms with E-state index in [9.17, 15) is 4.79 Å². The molecule has 2 aromatic heterocycles. The highest BCUT2D eigenvalue weighted by Gasteiger charge is 2.15. The molecule has 0 unspecified atom stereocenters. The van der Waals surface area contributed by atoms with Crippen molar-refractivity contribution in [3.8, 4) is 0 Å². The van der Waals surface area contributed by atoms with Crippen molar-refractivity contribution in [3.05, 3.63) is 42.2 Å². The number of carbonyl (C=O) groups excluding carboxylic acids is 1. The lowest BCUT2D eigenvalue weighted by Crippen LogP contribution is -2.33. The molecule has 1 aromatic carbocycles. The Labute approximate surface area is 128 Å².